The highest BCUT2D eigenvalue weighted by Gasteiger charge is 2.02. The van der Waals surface area contributed by atoms with Crippen LogP contribution >= 0.6 is 0 Å². The molecule has 0 rings (SSSR count). The molecular formula is C25H48O3. The van der Waals surface area contributed by atoms with Gasteiger partial charge in [0, 0.05) is 0 Å². The molecule has 0 aliphatic rings. The van der Waals surface area contributed by atoms with E-state index in [1.807, 2.05) is 19.9 Å². The number of carbonyl (C=O) groups excluding carboxylic acids is 1. The molecule has 3 heteroatoms. The number of carbonyl (C=O) groups is 1. The zero-order valence-electron chi connectivity index (χ0n) is 19.2. The van der Waals surface area contributed by atoms with Crippen LogP contribution in [0.25, 0.3) is 0 Å². The lowest BCUT2D eigenvalue weighted by Crippen LogP contribution is -2.08. The zero-order valence-corrected chi connectivity index (χ0v) is 19.2. The molecule has 0 amide bonds. The van der Waals surface area contributed by atoms with Gasteiger partial charge in [0.2, 0.25) is 0 Å². The van der Waals surface area contributed by atoms with Gasteiger partial charge in [-0.1, -0.05) is 117 Å². The van der Waals surface area contributed by atoms with Crippen LogP contribution in [-0.4, -0.2) is 12.8 Å². The summed E-state index contributed by atoms with van der Waals surface area (Å²) in [6, 6.07) is 0. The second kappa shape index (κ2) is 22.3. The minimum atomic E-state index is -0.600. The Labute approximate surface area is 175 Å². The van der Waals surface area contributed by atoms with E-state index >= 15 is 0 Å². The van der Waals surface area contributed by atoms with Crippen LogP contribution in [-0.2, 0) is 9.47 Å². The fourth-order valence-corrected chi connectivity index (χ4v) is 3.25. The topological polar surface area (TPSA) is 35.5 Å². The number of rotatable bonds is 20. The molecule has 3 nitrogen and oxygen atoms in total. The Balaban J connectivity index is 3.15. The Morgan fingerprint density at radius 2 is 1.14 bits per heavy atom. The van der Waals surface area contributed by atoms with Gasteiger partial charge in [0.1, 0.15) is 0 Å². The van der Waals surface area contributed by atoms with E-state index in [1.165, 1.54) is 109 Å². The van der Waals surface area contributed by atoms with Crippen LogP contribution in [0.2, 0.25) is 0 Å². The lowest BCUT2D eigenvalue weighted by Gasteiger charge is -2.04. The third kappa shape index (κ3) is 23.0. The second-order valence-electron chi connectivity index (χ2n) is 8.54. The van der Waals surface area contributed by atoms with Gasteiger partial charge in [0.25, 0.3) is 0 Å². The first kappa shape index (κ1) is 27.0. The highest BCUT2D eigenvalue weighted by molar-refractivity contribution is 5.60. The molecule has 0 aromatic rings. The largest absolute Gasteiger partial charge is 0.513 e. The first-order valence-electron chi connectivity index (χ1n) is 12.1. The van der Waals surface area contributed by atoms with Crippen LogP contribution in [0.15, 0.2) is 12.3 Å². The SMILES string of the molecule is CCCCCCCCCCCCCCCCCCC=COC(=O)OCC(C)C. The second-order valence-corrected chi connectivity index (χ2v) is 8.54. The van der Waals surface area contributed by atoms with Gasteiger partial charge in [0.15, 0.2) is 0 Å². The number of hydrogen-bond acceptors (Lipinski definition) is 3. The van der Waals surface area contributed by atoms with Crippen LogP contribution in [0, 0.1) is 5.92 Å². The van der Waals surface area contributed by atoms with Crippen LogP contribution in [0.5, 0.6) is 0 Å². The number of ether oxygens (including phenoxy) is 2. The summed E-state index contributed by atoms with van der Waals surface area (Å²) < 4.78 is 9.81. The Bertz CT molecular complexity index is 350. The van der Waals surface area contributed by atoms with Crippen LogP contribution in [0.4, 0.5) is 4.79 Å². The fraction of sp³-hybridized carbons (Fsp3) is 0.880. The van der Waals surface area contributed by atoms with E-state index in [2.05, 4.69) is 6.92 Å². The van der Waals surface area contributed by atoms with Gasteiger partial charge in [-0.15, -0.1) is 0 Å². The number of unbranched alkanes of at least 4 members (excludes halogenated alkanes) is 16. The summed E-state index contributed by atoms with van der Waals surface area (Å²) in [6.07, 6.45) is 25.9. The van der Waals surface area contributed by atoms with Gasteiger partial charge < -0.3 is 9.47 Å². The molecule has 0 bridgehead atoms. The molecule has 0 N–H and O–H groups in total. The van der Waals surface area contributed by atoms with Crippen LogP contribution in [0.3, 0.4) is 0 Å². The normalized spacial score (nSPS) is 11.4. The maximum absolute atomic E-state index is 11.2. The third-order valence-corrected chi connectivity index (χ3v) is 5.02. The van der Waals surface area contributed by atoms with Crippen molar-refractivity contribution >= 4 is 6.16 Å². The molecule has 0 aliphatic heterocycles. The van der Waals surface area contributed by atoms with Crippen LogP contribution in [0.1, 0.15) is 130 Å². The maximum atomic E-state index is 11.2. The van der Waals surface area contributed by atoms with E-state index in [4.69, 9.17) is 9.47 Å². The zero-order chi connectivity index (χ0) is 20.7. The van der Waals surface area contributed by atoms with Gasteiger partial charge in [0.05, 0.1) is 12.9 Å². The van der Waals surface area contributed by atoms with Crippen molar-refractivity contribution < 1.29 is 14.3 Å². The van der Waals surface area contributed by atoms with E-state index in [1.54, 1.807) is 0 Å². The molecule has 0 saturated carbocycles. The molecule has 0 spiro atoms. The number of hydrogen-bond donors (Lipinski definition) is 0. The van der Waals surface area contributed by atoms with Crippen molar-refractivity contribution in [2.45, 2.75) is 130 Å². The first-order chi connectivity index (χ1) is 13.7. The average Bonchev–Trinajstić information content (AvgIpc) is 2.68. The van der Waals surface area contributed by atoms with E-state index in [9.17, 15) is 4.79 Å². The summed E-state index contributed by atoms with van der Waals surface area (Å²) in [6.45, 7) is 6.69. The Hall–Kier alpha value is -0.990. The molecule has 0 aromatic carbocycles. The number of allylic oxidation sites excluding steroid dienone is 1. The lowest BCUT2D eigenvalue weighted by atomic mass is 10.0. The molecular weight excluding hydrogens is 348 g/mol. The minimum Gasteiger partial charge on any atom is -0.434 e. The predicted octanol–water partition coefficient (Wildman–Crippen LogP) is 8.96. The molecule has 0 fully saturated rings. The van der Waals surface area contributed by atoms with Crippen molar-refractivity contribution in [3.63, 3.8) is 0 Å². The molecule has 0 heterocycles. The van der Waals surface area contributed by atoms with Gasteiger partial charge in [-0.3, -0.25) is 0 Å². The molecule has 0 aliphatic carbocycles. The lowest BCUT2D eigenvalue weighted by molar-refractivity contribution is 0.0749. The Morgan fingerprint density at radius 1 is 0.714 bits per heavy atom. The predicted molar refractivity (Wildman–Crippen MR) is 121 cm³/mol. The van der Waals surface area contributed by atoms with E-state index in [0.29, 0.717) is 12.5 Å². The van der Waals surface area contributed by atoms with Crippen molar-refractivity contribution in [1.82, 2.24) is 0 Å². The highest BCUT2D eigenvalue weighted by atomic mass is 16.7. The first-order valence-corrected chi connectivity index (χ1v) is 12.1. The maximum Gasteiger partial charge on any atom is 0.513 e. The Kier molecular flexibility index (Phi) is 21.5. The molecule has 0 aromatic heterocycles. The van der Waals surface area contributed by atoms with Crippen molar-refractivity contribution in [3.05, 3.63) is 12.3 Å². The van der Waals surface area contributed by atoms with Gasteiger partial charge in [-0.2, -0.15) is 0 Å². The average molecular weight is 397 g/mol. The van der Waals surface area contributed by atoms with Crippen molar-refractivity contribution in [3.8, 4) is 0 Å². The monoisotopic (exact) mass is 396 g/mol. The third-order valence-electron chi connectivity index (χ3n) is 5.02. The van der Waals surface area contributed by atoms with Gasteiger partial charge >= 0.3 is 6.16 Å². The van der Waals surface area contributed by atoms with Gasteiger partial charge in [-0.05, 0) is 24.8 Å². The summed E-state index contributed by atoms with van der Waals surface area (Å²) in [5.41, 5.74) is 0. The van der Waals surface area contributed by atoms with E-state index in [-0.39, 0.29) is 0 Å². The van der Waals surface area contributed by atoms with Gasteiger partial charge in [-0.25, -0.2) is 4.79 Å². The quantitative estimate of drug-likeness (QED) is 0.117. The summed E-state index contributed by atoms with van der Waals surface area (Å²) in [5, 5.41) is 0. The van der Waals surface area contributed by atoms with Crippen molar-refractivity contribution in [1.29, 1.82) is 0 Å². The smallest absolute Gasteiger partial charge is 0.434 e. The molecule has 166 valence electrons. The summed E-state index contributed by atoms with van der Waals surface area (Å²) in [5.74, 6) is 0.335. The summed E-state index contributed by atoms with van der Waals surface area (Å²) in [4.78, 5) is 11.2. The standard InChI is InChI=1S/C25H48O3/c1-4-5-6-7-8-9-10-11-12-13-14-15-16-17-18-19-20-21-22-27-25(26)28-23-24(2)3/h21-22,24H,4-20,23H2,1-3H3. The van der Waals surface area contributed by atoms with E-state index in [0.717, 1.165) is 6.42 Å². The molecule has 0 unspecified atom stereocenters. The van der Waals surface area contributed by atoms with Crippen molar-refractivity contribution in [2.24, 2.45) is 5.92 Å². The Morgan fingerprint density at radius 3 is 1.57 bits per heavy atom. The van der Waals surface area contributed by atoms with E-state index < -0.39 is 6.16 Å². The van der Waals surface area contributed by atoms with Crippen molar-refractivity contribution in [2.75, 3.05) is 6.61 Å². The molecule has 0 atom stereocenters. The highest BCUT2D eigenvalue weighted by Crippen LogP contribution is 2.14. The molecule has 0 saturated heterocycles. The molecule has 0 radical (unpaired) electrons. The summed E-state index contributed by atoms with van der Waals surface area (Å²) >= 11 is 0. The molecule has 28 heavy (non-hydrogen) atoms. The minimum absolute atomic E-state index is 0.335. The summed E-state index contributed by atoms with van der Waals surface area (Å²) in [7, 11) is 0. The van der Waals surface area contributed by atoms with Crippen LogP contribution < -0.4 is 0 Å². The fourth-order valence-electron chi connectivity index (χ4n) is 3.25.